The van der Waals surface area contributed by atoms with Crippen molar-refractivity contribution in [2.45, 2.75) is 87.0 Å². The summed E-state index contributed by atoms with van der Waals surface area (Å²) in [6.07, 6.45) is 13.3. The van der Waals surface area contributed by atoms with E-state index in [0.717, 1.165) is 90.5 Å². The largest absolute Gasteiger partial charge is 0.432 e. The monoisotopic (exact) mass is 708 g/mol. The van der Waals surface area contributed by atoms with Crippen LogP contribution in [0.1, 0.15) is 72.3 Å². The zero-order valence-electron chi connectivity index (χ0n) is 30.9. The maximum absolute atomic E-state index is 12.7. The zero-order chi connectivity index (χ0) is 36.6. The molecule has 6 aliphatic heterocycles. The summed E-state index contributed by atoms with van der Waals surface area (Å²) in [4.78, 5) is 22.5. The minimum absolute atomic E-state index is 0.0524. The fourth-order valence-corrected chi connectivity index (χ4v) is 7.34. The number of aromatic nitrogens is 2. The third-order valence-corrected chi connectivity index (χ3v) is 9.57. The lowest BCUT2D eigenvalue weighted by Crippen LogP contribution is -2.48. The molecule has 0 spiro atoms. The molecule has 1 aromatic rings. The van der Waals surface area contributed by atoms with Gasteiger partial charge in [-0.1, -0.05) is 20.8 Å². The number of aliphatic imine (C=N–C) groups is 2. The van der Waals surface area contributed by atoms with E-state index in [4.69, 9.17) is 19.5 Å². The lowest BCUT2D eigenvalue weighted by atomic mass is 10.00. The molecule has 0 radical (unpaired) electrons. The first-order chi connectivity index (χ1) is 24.5. The highest BCUT2D eigenvalue weighted by atomic mass is 19.3. The quantitative estimate of drug-likeness (QED) is 0.323. The molecule has 0 aliphatic carbocycles. The molecule has 0 fully saturated rings. The van der Waals surface area contributed by atoms with Crippen LogP contribution in [-0.2, 0) is 15.9 Å². The van der Waals surface area contributed by atoms with E-state index in [2.05, 4.69) is 83.3 Å². The molecule has 15 heteroatoms. The Balaban J connectivity index is 0.000000183. The van der Waals surface area contributed by atoms with Crippen LogP contribution in [0.2, 0.25) is 0 Å². The number of rotatable bonds is 10. The molecule has 0 aromatic carbocycles. The lowest BCUT2D eigenvalue weighted by molar-refractivity contribution is -0.0963. The van der Waals surface area contributed by atoms with Crippen LogP contribution in [0.4, 0.5) is 8.78 Å². The molecule has 51 heavy (non-hydrogen) atoms. The summed E-state index contributed by atoms with van der Waals surface area (Å²) in [5, 5.41) is 13.0. The highest BCUT2D eigenvalue weighted by Crippen LogP contribution is 2.40. The molecule has 0 saturated heterocycles. The van der Waals surface area contributed by atoms with Crippen LogP contribution in [-0.4, -0.2) is 105 Å². The van der Waals surface area contributed by atoms with E-state index in [-0.39, 0.29) is 18.7 Å². The minimum atomic E-state index is -2.89. The van der Waals surface area contributed by atoms with Crippen molar-refractivity contribution in [3.05, 3.63) is 87.0 Å². The number of hydrogen-bond donors (Lipinski definition) is 1. The SMILES string of the molecule is CCCN1CC(C)=C(OC(F)F)C2=C1N1CN(O)C=C1C=N2.CCCc1nc(C)cn1N1C=C2C=NC3=C(N2C1)N(CCC)C(OC)C(C)=C3C. The molecular formula is C36H50F2N10O3. The molecule has 7 rings (SSSR count). The summed E-state index contributed by atoms with van der Waals surface area (Å²) in [7, 11) is 1.79. The van der Waals surface area contributed by atoms with Crippen molar-refractivity contribution in [2.24, 2.45) is 9.98 Å². The first-order valence-corrected chi connectivity index (χ1v) is 17.7. The Labute approximate surface area is 299 Å². The Hall–Kier alpha value is -4.63. The number of ether oxygens (including phenoxy) is 2. The highest BCUT2D eigenvalue weighted by Gasteiger charge is 2.40. The van der Waals surface area contributed by atoms with Gasteiger partial charge in [0.05, 0.1) is 35.7 Å². The Morgan fingerprint density at radius 2 is 1.59 bits per heavy atom. The van der Waals surface area contributed by atoms with Gasteiger partial charge in [0.15, 0.2) is 12.0 Å². The van der Waals surface area contributed by atoms with Gasteiger partial charge in [-0.3, -0.25) is 15.2 Å². The second kappa shape index (κ2) is 14.9. The number of methoxy groups -OCH3 is 1. The molecule has 13 nitrogen and oxygen atoms in total. The smallest absolute Gasteiger partial charge is 0.387 e. The van der Waals surface area contributed by atoms with Crippen molar-refractivity contribution in [3.8, 4) is 0 Å². The van der Waals surface area contributed by atoms with E-state index in [0.29, 0.717) is 18.1 Å². The molecular weight excluding hydrogens is 658 g/mol. The molecule has 276 valence electrons. The summed E-state index contributed by atoms with van der Waals surface area (Å²) in [5.41, 5.74) is 7.47. The summed E-state index contributed by atoms with van der Waals surface area (Å²) in [5.74, 6) is 3.08. The van der Waals surface area contributed by atoms with Gasteiger partial charge in [-0.25, -0.2) is 19.7 Å². The van der Waals surface area contributed by atoms with Crippen LogP contribution in [0.5, 0.6) is 0 Å². The van der Waals surface area contributed by atoms with Gasteiger partial charge in [-0.15, -0.1) is 0 Å². The first kappa shape index (κ1) is 36.2. The Morgan fingerprint density at radius 3 is 2.25 bits per heavy atom. The highest BCUT2D eigenvalue weighted by molar-refractivity contribution is 5.83. The standard InChI is InChI=1S/C22H32N6O.C14H18F2N4O2/c1-7-9-19-24-15(3)12-28(19)25-13-18-11-23-20-16(4)17(5)22(29-6)26(10-8-2)21(20)27(18)14-25;1-3-4-18-6-9(2)12(22-14(15)16)11-13(18)20-8-19(21)7-10(20)5-17-11/h11-13,22H,7-10,14H2,1-6H3;5,7,14,21H,3-4,6,8H2,1-2H3. The summed E-state index contributed by atoms with van der Waals surface area (Å²) in [6.45, 7) is 14.8. The van der Waals surface area contributed by atoms with Gasteiger partial charge in [-0.2, -0.15) is 8.78 Å². The van der Waals surface area contributed by atoms with Crippen molar-refractivity contribution < 1.29 is 23.5 Å². The van der Waals surface area contributed by atoms with Crippen LogP contribution in [0.25, 0.3) is 0 Å². The molecule has 1 N–H and O–H groups in total. The maximum atomic E-state index is 12.7. The molecule has 1 unspecified atom stereocenters. The van der Waals surface area contributed by atoms with Crippen LogP contribution >= 0.6 is 0 Å². The molecule has 1 aromatic heterocycles. The number of aryl methyl sites for hydroxylation is 2. The normalized spacial score (nSPS) is 21.1. The van der Waals surface area contributed by atoms with Crippen LogP contribution in [0.3, 0.4) is 0 Å². The fourth-order valence-electron chi connectivity index (χ4n) is 7.34. The molecule has 1 atom stereocenters. The van der Waals surface area contributed by atoms with Crippen LogP contribution in [0.15, 0.2) is 85.5 Å². The lowest BCUT2D eigenvalue weighted by Gasteiger charge is -2.44. The first-order valence-electron chi connectivity index (χ1n) is 17.7. The molecule has 0 saturated carbocycles. The second-order valence-corrected chi connectivity index (χ2v) is 13.4. The van der Waals surface area contributed by atoms with Crippen molar-refractivity contribution in [2.75, 3.05) is 45.1 Å². The van der Waals surface area contributed by atoms with Crippen molar-refractivity contribution in [3.63, 3.8) is 0 Å². The summed E-state index contributed by atoms with van der Waals surface area (Å²) >= 11 is 0. The van der Waals surface area contributed by atoms with E-state index < -0.39 is 6.61 Å². The zero-order valence-corrected chi connectivity index (χ0v) is 30.9. The predicted molar refractivity (Wildman–Crippen MR) is 191 cm³/mol. The van der Waals surface area contributed by atoms with Gasteiger partial charge in [0.2, 0.25) is 0 Å². The molecule has 0 amide bonds. The summed E-state index contributed by atoms with van der Waals surface area (Å²) < 4.78 is 38.2. The predicted octanol–water partition coefficient (Wildman–Crippen LogP) is 5.77. The number of hydrogen-bond acceptors (Lipinski definition) is 12. The number of hydroxylamine groups is 2. The number of fused-ring (bicyclic) bond motifs is 4. The maximum Gasteiger partial charge on any atom is 0.387 e. The van der Waals surface area contributed by atoms with Gasteiger partial charge < -0.3 is 29.1 Å². The van der Waals surface area contributed by atoms with E-state index >= 15 is 0 Å². The van der Waals surface area contributed by atoms with Gasteiger partial charge in [0.25, 0.3) is 0 Å². The topological polar surface area (TPSA) is 101 Å². The minimum Gasteiger partial charge on any atom is -0.432 e. The van der Waals surface area contributed by atoms with Crippen LogP contribution in [0, 0.1) is 6.92 Å². The van der Waals surface area contributed by atoms with E-state index in [1.165, 1.54) is 11.1 Å². The second-order valence-electron chi connectivity index (χ2n) is 13.4. The number of halogens is 2. The third kappa shape index (κ3) is 6.76. The third-order valence-electron chi connectivity index (χ3n) is 9.57. The Morgan fingerprint density at radius 1 is 0.902 bits per heavy atom. The van der Waals surface area contributed by atoms with Gasteiger partial charge in [-0.05, 0) is 63.7 Å². The fraction of sp³-hybridized carbons (Fsp3) is 0.528. The van der Waals surface area contributed by atoms with Crippen molar-refractivity contribution in [1.82, 2.24) is 34.3 Å². The van der Waals surface area contributed by atoms with Gasteiger partial charge in [0.1, 0.15) is 42.2 Å². The van der Waals surface area contributed by atoms with Crippen LogP contribution < -0.4 is 5.01 Å². The molecule has 0 bridgehead atoms. The van der Waals surface area contributed by atoms with E-state index in [1.54, 1.807) is 26.4 Å². The Bertz CT molecular complexity index is 1770. The summed E-state index contributed by atoms with van der Waals surface area (Å²) in [6, 6.07) is 0. The number of allylic oxidation sites excluding steroid dienone is 3. The average Bonchev–Trinajstić information content (AvgIpc) is 3.80. The van der Waals surface area contributed by atoms with Crippen molar-refractivity contribution >= 4 is 12.4 Å². The van der Waals surface area contributed by atoms with E-state index in [1.807, 2.05) is 11.1 Å². The average molecular weight is 709 g/mol. The molecule has 6 aliphatic rings. The number of nitrogens with zero attached hydrogens (tertiary/aromatic N) is 10. The molecule has 7 heterocycles. The van der Waals surface area contributed by atoms with E-state index in [9.17, 15) is 14.0 Å². The van der Waals surface area contributed by atoms with Crippen molar-refractivity contribution in [1.29, 1.82) is 0 Å². The van der Waals surface area contributed by atoms with Gasteiger partial charge in [0, 0.05) is 45.6 Å². The number of alkyl halides is 2. The Kier molecular flexibility index (Phi) is 10.6. The van der Waals surface area contributed by atoms with Gasteiger partial charge >= 0.3 is 6.61 Å². The number of imidazole rings is 1.